The molecule has 2 amide bonds. The highest BCUT2D eigenvalue weighted by Gasteiger charge is 2.05. The van der Waals surface area contributed by atoms with Gasteiger partial charge in [-0.2, -0.15) is 0 Å². The first-order chi connectivity index (χ1) is 9.49. The molecule has 1 atom stereocenters. The first kappa shape index (κ1) is 19.9. The molecule has 0 saturated heterocycles. The summed E-state index contributed by atoms with van der Waals surface area (Å²) in [4.78, 5) is 23.2. The summed E-state index contributed by atoms with van der Waals surface area (Å²) in [7, 11) is 0. The van der Waals surface area contributed by atoms with Crippen LogP contribution >= 0.6 is 28.3 Å². The van der Waals surface area contributed by atoms with Gasteiger partial charge in [-0.15, -0.1) is 12.4 Å². The van der Waals surface area contributed by atoms with E-state index in [1.165, 1.54) is 0 Å². The fourth-order valence-corrected chi connectivity index (χ4v) is 1.79. The van der Waals surface area contributed by atoms with Gasteiger partial charge in [-0.05, 0) is 37.6 Å². The van der Waals surface area contributed by atoms with Gasteiger partial charge in [0.05, 0.1) is 0 Å². The molecule has 0 spiro atoms. The Hall–Kier alpha value is -1.11. The molecular weight excluding hydrogens is 358 g/mol. The first-order valence-corrected chi connectivity index (χ1v) is 7.34. The van der Waals surface area contributed by atoms with Gasteiger partial charge in [0.2, 0.25) is 5.91 Å². The molecule has 0 aliphatic carbocycles. The minimum atomic E-state index is -0.151. The van der Waals surface area contributed by atoms with Crippen LogP contribution in [0.4, 0.5) is 0 Å². The third-order valence-corrected chi connectivity index (χ3v) is 3.19. The zero-order valence-electron chi connectivity index (χ0n) is 11.9. The van der Waals surface area contributed by atoms with Crippen LogP contribution in [0, 0.1) is 0 Å². The maximum absolute atomic E-state index is 11.8. The molecule has 21 heavy (non-hydrogen) atoms. The number of nitrogens with two attached hydrogens (primary N) is 1. The molecule has 0 aromatic heterocycles. The van der Waals surface area contributed by atoms with E-state index in [-0.39, 0.29) is 30.3 Å². The highest BCUT2D eigenvalue weighted by atomic mass is 79.9. The van der Waals surface area contributed by atoms with Crippen molar-refractivity contribution in [2.75, 3.05) is 13.1 Å². The Morgan fingerprint density at radius 1 is 1.19 bits per heavy atom. The average Bonchev–Trinajstić information content (AvgIpc) is 2.42. The van der Waals surface area contributed by atoms with Crippen LogP contribution in [0.3, 0.4) is 0 Å². The molecule has 1 aromatic carbocycles. The first-order valence-electron chi connectivity index (χ1n) is 6.55. The highest BCUT2D eigenvalue weighted by molar-refractivity contribution is 9.10. The predicted octanol–water partition coefficient (Wildman–Crippen LogP) is 1.84. The van der Waals surface area contributed by atoms with Gasteiger partial charge in [0, 0.05) is 35.6 Å². The molecule has 0 bridgehead atoms. The van der Waals surface area contributed by atoms with Crippen molar-refractivity contribution in [2.45, 2.75) is 25.8 Å². The molecule has 0 aliphatic rings. The van der Waals surface area contributed by atoms with Crippen LogP contribution in [0.2, 0.25) is 0 Å². The van der Waals surface area contributed by atoms with Gasteiger partial charge in [0.15, 0.2) is 0 Å². The summed E-state index contributed by atoms with van der Waals surface area (Å²) in [6.07, 6.45) is 1.08. The minimum Gasteiger partial charge on any atom is -0.354 e. The molecule has 5 nitrogen and oxygen atoms in total. The summed E-state index contributed by atoms with van der Waals surface area (Å²) in [5.74, 6) is -0.192. The molecule has 0 fully saturated rings. The monoisotopic (exact) mass is 377 g/mol. The molecule has 4 N–H and O–H groups in total. The largest absolute Gasteiger partial charge is 0.354 e. The van der Waals surface area contributed by atoms with Crippen molar-refractivity contribution < 1.29 is 9.59 Å². The van der Waals surface area contributed by atoms with Gasteiger partial charge >= 0.3 is 0 Å². The van der Waals surface area contributed by atoms with Gasteiger partial charge in [-0.25, -0.2) is 0 Å². The Balaban J connectivity index is 0.00000400. The number of carbonyl (C=O) groups excluding carboxylic acids is 2. The summed E-state index contributed by atoms with van der Waals surface area (Å²) < 4.78 is 0.926. The lowest BCUT2D eigenvalue weighted by Crippen LogP contribution is -2.35. The molecule has 118 valence electrons. The number of rotatable bonds is 7. The molecule has 0 radical (unpaired) electrons. The third kappa shape index (κ3) is 8.70. The smallest absolute Gasteiger partial charge is 0.251 e. The van der Waals surface area contributed by atoms with Crippen molar-refractivity contribution >= 4 is 40.2 Å². The maximum atomic E-state index is 11.8. The molecule has 7 heteroatoms. The SMILES string of the molecule is CC(N)CCC(=O)NCCNC(=O)c1ccc(Br)cc1.Cl. The highest BCUT2D eigenvalue weighted by Crippen LogP contribution is 2.10. The van der Waals surface area contributed by atoms with Crippen molar-refractivity contribution in [3.05, 3.63) is 34.3 Å². The Kier molecular flexibility index (Phi) is 10.0. The second-order valence-corrected chi connectivity index (χ2v) is 5.54. The minimum absolute atomic E-state index is 0. The maximum Gasteiger partial charge on any atom is 0.251 e. The summed E-state index contributed by atoms with van der Waals surface area (Å²) >= 11 is 3.31. The molecular formula is C14H21BrClN3O2. The standard InChI is InChI=1S/C14H20BrN3O2.ClH/c1-10(16)2-7-13(19)17-8-9-18-14(20)11-3-5-12(15)6-4-11;/h3-6,10H,2,7-9,16H2,1H3,(H,17,19)(H,18,20);1H. The third-order valence-electron chi connectivity index (χ3n) is 2.67. The van der Waals surface area contributed by atoms with E-state index in [9.17, 15) is 9.59 Å². The van der Waals surface area contributed by atoms with Crippen LogP contribution in [0.25, 0.3) is 0 Å². The van der Waals surface area contributed by atoms with Crippen LogP contribution in [0.5, 0.6) is 0 Å². The second kappa shape index (κ2) is 10.6. The zero-order chi connectivity index (χ0) is 15.0. The molecule has 1 rings (SSSR count). The number of hydrogen-bond donors (Lipinski definition) is 3. The lowest BCUT2D eigenvalue weighted by Gasteiger charge is -2.08. The van der Waals surface area contributed by atoms with Gasteiger partial charge < -0.3 is 16.4 Å². The summed E-state index contributed by atoms with van der Waals surface area (Å²) in [5, 5.41) is 5.48. The van der Waals surface area contributed by atoms with E-state index in [4.69, 9.17) is 5.73 Å². The van der Waals surface area contributed by atoms with Crippen LogP contribution in [-0.4, -0.2) is 30.9 Å². The topological polar surface area (TPSA) is 84.2 Å². The van der Waals surface area contributed by atoms with Crippen LogP contribution in [0.1, 0.15) is 30.1 Å². The quantitative estimate of drug-likeness (QED) is 0.633. The van der Waals surface area contributed by atoms with Gasteiger partial charge in [0.1, 0.15) is 0 Å². The van der Waals surface area contributed by atoms with E-state index in [0.717, 1.165) is 4.47 Å². The van der Waals surface area contributed by atoms with Crippen molar-refractivity contribution in [2.24, 2.45) is 5.73 Å². The number of carbonyl (C=O) groups is 2. The van der Waals surface area contributed by atoms with E-state index in [1.807, 2.05) is 19.1 Å². The molecule has 0 aliphatic heterocycles. The van der Waals surface area contributed by atoms with Crippen molar-refractivity contribution in [3.8, 4) is 0 Å². The molecule has 0 heterocycles. The fourth-order valence-electron chi connectivity index (χ4n) is 1.53. The van der Waals surface area contributed by atoms with Gasteiger partial charge in [-0.1, -0.05) is 15.9 Å². The van der Waals surface area contributed by atoms with Gasteiger partial charge in [-0.3, -0.25) is 9.59 Å². The second-order valence-electron chi connectivity index (χ2n) is 4.63. The Bertz CT molecular complexity index is 452. The fraction of sp³-hybridized carbons (Fsp3) is 0.429. The van der Waals surface area contributed by atoms with Gasteiger partial charge in [0.25, 0.3) is 5.91 Å². The summed E-state index contributed by atoms with van der Waals surface area (Å²) in [6.45, 7) is 2.69. The summed E-state index contributed by atoms with van der Waals surface area (Å²) in [6, 6.07) is 7.12. The van der Waals surface area contributed by atoms with E-state index in [0.29, 0.717) is 31.5 Å². The van der Waals surface area contributed by atoms with E-state index >= 15 is 0 Å². The van der Waals surface area contributed by atoms with Crippen LogP contribution < -0.4 is 16.4 Å². The van der Waals surface area contributed by atoms with E-state index in [2.05, 4.69) is 26.6 Å². The Morgan fingerprint density at radius 3 is 2.33 bits per heavy atom. The van der Waals surface area contributed by atoms with E-state index in [1.54, 1.807) is 12.1 Å². The molecule has 0 saturated carbocycles. The number of halogens is 2. The number of amides is 2. The van der Waals surface area contributed by atoms with E-state index < -0.39 is 0 Å². The lowest BCUT2D eigenvalue weighted by molar-refractivity contribution is -0.121. The number of benzene rings is 1. The number of nitrogens with one attached hydrogen (secondary N) is 2. The average molecular weight is 379 g/mol. The van der Waals surface area contributed by atoms with Crippen LogP contribution in [0.15, 0.2) is 28.7 Å². The van der Waals surface area contributed by atoms with Crippen LogP contribution in [-0.2, 0) is 4.79 Å². The lowest BCUT2D eigenvalue weighted by atomic mass is 10.2. The van der Waals surface area contributed by atoms with Crippen molar-refractivity contribution in [1.29, 1.82) is 0 Å². The van der Waals surface area contributed by atoms with Crippen molar-refractivity contribution in [3.63, 3.8) is 0 Å². The number of hydrogen-bond acceptors (Lipinski definition) is 3. The Labute approximate surface area is 139 Å². The normalized spacial score (nSPS) is 11.2. The molecule has 1 unspecified atom stereocenters. The Morgan fingerprint density at radius 2 is 1.76 bits per heavy atom. The van der Waals surface area contributed by atoms with Crippen molar-refractivity contribution in [1.82, 2.24) is 10.6 Å². The molecule has 1 aromatic rings. The zero-order valence-corrected chi connectivity index (χ0v) is 14.3. The predicted molar refractivity (Wildman–Crippen MR) is 89.6 cm³/mol. The summed E-state index contributed by atoms with van der Waals surface area (Å²) in [5.41, 5.74) is 6.16.